The van der Waals surface area contributed by atoms with Gasteiger partial charge in [0.05, 0.1) is 10.6 Å². The quantitative estimate of drug-likeness (QED) is 0.770. The largest absolute Gasteiger partial charge is 0.354 e. The zero-order valence-electron chi connectivity index (χ0n) is 17.2. The smallest absolute Gasteiger partial charge is 0.272 e. The second-order valence-electron chi connectivity index (χ2n) is 7.26. The molecule has 0 saturated carbocycles. The third kappa shape index (κ3) is 5.06. The second-order valence-corrected chi connectivity index (χ2v) is 9.20. The minimum atomic E-state index is -3.72. The van der Waals surface area contributed by atoms with Crippen molar-refractivity contribution in [3.63, 3.8) is 0 Å². The summed E-state index contributed by atoms with van der Waals surface area (Å²) in [6.07, 6.45) is 0.532. The van der Waals surface area contributed by atoms with Crippen molar-refractivity contribution in [3.05, 3.63) is 47.8 Å². The van der Waals surface area contributed by atoms with E-state index in [2.05, 4.69) is 10.4 Å². The molecule has 9 nitrogen and oxygen atoms in total. The van der Waals surface area contributed by atoms with Crippen LogP contribution in [0.1, 0.15) is 29.0 Å². The number of benzene rings is 1. The van der Waals surface area contributed by atoms with Gasteiger partial charge in [-0.25, -0.2) is 8.42 Å². The van der Waals surface area contributed by atoms with Crippen LogP contribution in [0.15, 0.2) is 41.3 Å². The Morgan fingerprint density at radius 1 is 1.10 bits per heavy atom. The van der Waals surface area contributed by atoms with Crippen molar-refractivity contribution in [1.29, 1.82) is 0 Å². The molecular formula is C20H27N5O4S. The monoisotopic (exact) mass is 433 g/mol. The van der Waals surface area contributed by atoms with Crippen molar-refractivity contribution in [3.8, 4) is 0 Å². The number of carbonyl (C=O) groups is 2. The van der Waals surface area contributed by atoms with Crippen molar-refractivity contribution in [2.24, 2.45) is 7.05 Å². The van der Waals surface area contributed by atoms with Gasteiger partial charge in [0.1, 0.15) is 5.69 Å². The Hall–Kier alpha value is -2.72. The standard InChI is InChI=1S/C20H27N5O4S/c1-16-15-18(23(2)22-16)20(27)24-11-6-12-25(13-9-19(26)21-10-14-24)30(28,29)17-7-4-3-5-8-17/h3-5,7-8,15H,6,9-14H2,1-2H3,(H,21,26). The van der Waals surface area contributed by atoms with E-state index < -0.39 is 10.0 Å². The first kappa shape index (κ1) is 22.0. The van der Waals surface area contributed by atoms with E-state index in [4.69, 9.17) is 0 Å². The van der Waals surface area contributed by atoms with E-state index in [9.17, 15) is 18.0 Å². The Balaban J connectivity index is 1.79. The van der Waals surface area contributed by atoms with Crippen molar-refractivity contribution in [1.82, 2.24) is 24.3 Å². The predicted molar refractivity (Wildman–Crippen MR) is 111 cm³/mol. The Kier molecular flexibility index (Phi) is 6.88. The second kappa shape index (κ2) is 9.40. The van der Waals surface area contributed by atoms with Gasteiger partial charge in [-0.3, -0.25) is 14.3 Å². The molecule has 0 bridgehead atoms. The Bertz CT molecular complexity index is 1000. The maximum Gasteiger partial charge on any atom is 0.272 e. The Morgan fingerprint density at radius 3 is 2.50 bits per heavy atom. The number of hydrogen-bond donors (Lipinski definition) is 1. The van der Waals surface area contributed by atoms with Crippen LogP contribution in [0.4, 0.5) is 0 Å². The summed E-state index contributed by atoms with van der Waals surface area (Å²) in [4.78, 5) is 27.0. The van der Waals surface area contributed by atoms with Crippen molar-refractivity contribution >= 4 is 21.8 Å². The summed E-state index contributed by atoms with van der Waals surface area (Å²) in [5, 5.41) is 6.99. The van der Waals surface area contributed by atoms with Gasteiger partial charge in [0.25, 0.3) is 5.91 Å². The fourth-order valence-corrected chi connectivity index (χ4v) is 4.96. The molecule has 1 aromatic carbocycles. The molecule has 0 aliphatic carbocycles. The summed E-state index contributed by atoms with van der Waals surface area (Å²) in [6.45, 7) is 3.17. The topological polar surface area (TPSA) is 105 Å². The summed E-state index contributed by atoms with van der Waals surface area (Å²) in [5.41, 5.74) is 1.20. The summed E-state index contributed by atoms with van der Waals surface area (Å²) in [5.74, 6) is -0.432. The van der Waals surface area contributed by atoms with Gasteiger partial charge in [0.2, 0.25) is 15.9 Å². The number of sulfonamides is 1. The summed E-state index contributed by atoms with van der Waals surface area (Å²) < 4.78 is 28.9. The highest BCUT2D eigenvalue weighted by Crippen LogP contribution is 2.17. The fourth-order valence-electron chi connectivity index (χ4n) is 3.46. The van der Waals surface area contributed by atoms with Crippen LogP contribution in [-0.2, 0) is 21.9 Å². The van der Waals surface area contributed by atoms with Gasteiger partial charge in [0, 0.05) is 46.2 Å². The highest BCUT2D eigenvalue weighted by Gasteiger charge is 2.26. The molecule has 0 radical (unpaired) electrons. The van der Waals surface area contributed by atoms with E-state index in [1.807, 2.05) is 6.92 Å². The molecule has 1 aromatic heterocycles. The first-order chi connectivity index (χ1) is 14.3. The average molecular weight is 434 g/mol. The van der Waals surface area contributed by atoms with E-state index in [-0.39, 0.29) is 36.2 Å². The van der Waals surface area contributed by atoms with Gasteiger partial charge in [-0.1, -0.05) is 18.2 Å². The summed E-state index contributed by atoms with van der Waals surface area (Å²) in [6, 6.07) is 9.90. The highest BCUT2D eigenvalue weighted by atomic mass is 32.2. The third-order valence-electron chi connectivity index (χ3n) is 5.02. The number of aromatic nitrogens is 2. The lowest BCUT2D eigenvalue weighted by molar-refractivity contribution is -0.121. The van der Waals surface area contributed by atoms with Crippen LogP contribution in [-0.4, -0.2) is 71.9 Å². The summed E-state index contributed by atoms with van der Waals surface area (Å²) >= 11 is 0. The van der Waals surface area contributed by atoms with E-state index in [0.717, 1.165) is 5.69 Å². The lowest BCUT2D eigenvalue weighted by Gasteiger charge is -2.24. The zero-order valence-corrected chi connectivity index (χ0v) is 18.1. The number of aryl methyl sites for hydroxylation is 2. The number of rotatable bonds is 3. The predicted octanol–water partition coefficient (Wildman–Crippen LogP) is 0.772. The Labute approximate surface area is 176 Å². The van der Waals surface area contributed by atoms with Crippen molar-refractivity contribution in [2.45, 2.75) is 24.7 Å². The van der Waals surface area contributed by atoms with Gasteiger partial charge in [0.15, 0.2) is 0 Å². The van der Waals surface area contributed by atoms with Crippen LogP contribution in [0.3, 0.4) is 0 Å². The van der Waals surface area contributed by atoms with Gasteiger partial charge in [-0.05, 0) is 31.5 Å². The van der Waals surface area contributed by atoms with Crippen LogP contribution in [0.5, 0.6) is 0 Å². The molecule has 1 aliphatic rings. The third-order valence-corrected chi connectivity index (χ3v) is 6.93. The maximum atomic E-state index is 13.0. The van der Waals surface area contributed by atoms with Crippen LogP contribution in [0.2, 0.25) is 0 Å². The molecular weight excluding hydrogens is 406 g/mol. The normalized spacial score (nSPS) is 17.3. The SMILES string of the molecule is Cc1cc(C(=O)N2CCCN(S(=O)(=O)c3ccccc3)CCC(=O)NCC2)n(C)n1. The number of carbonyl (C=O) groups excluding carboxylic acids is 2. The average Bonchev–Trinajstić information content (AvgIpc) is 3.04. The molecule has 2 heterocycles. The molecule has 1 aliphatic heterocycles. The lowest BCUT2D eigenvalue weighted by Crippen LogP contribution is -2.39. The van der Waals surface area contributed by atoms with Gasteiger partial charge < -0.3 is 10.2 Å². The van der Waals surface area contributed by atoms with Crippen molar-refractivity contribution < 1.29 is 18.0 Å². The van der Waals surface area contributed by atoms with E-state index in [1.165, 1.54) is 8.99 Å². The zero-order chi connectivity index (χ0) is 21.7. The molecule has 2 amide bonds. The van der Waals surface area contributed by atoms with Crippen LogP contribution >= 0.6 is 0 Å². The first-order valence-electron chi connectivity index (χ1n) is 9.91. The molecule has 1 saturated heterocycles. The van der Waals surface area contributed by atoms with Gasteiger partial charge in [-0.15, -0.1) is 0 Å². The molecule has 2 aromatic rings. The molecule has 162 valence electrons. The molecule has 0 atom stereocenters. The molecule has 0 spiro atoms. The number of hydrogen-bond acceptors (Lipinski definition) is 5. The maximum absolute atomic E-state index is 13.0. The minimum Gasteiger partial charge on any atom is -0.354 e. The minimum absolute atomic E-state index is 0.0704. The van der Waals surface area contributed by atoms with Crippen molar-refractivity contribution in [2.75, 3.05) is 32.7 Å². The molecule has 0 unspecified atom stereocenters. The highest BCUT2D eigenvalue weighted by molar-refractivity contribution is 7.89. The lowest BCUT2D eigenvalue weighted by atomic mass is 10.3. The van der Waals surface area contributed by atoms with Gasteiger partial charge in [-0.2, -0.15) is 9.40 Å². The Morgan fingerprint density at radius 2 is 1.83 bits per heavy atom. The first-order valence-corrected chi connectivity index (χ1v) is 11.3. The van der Waals surface area contributed by atoms with Crippen LogP contribution in [0.25, 0.3) is 0 Å². The number of amides is 2. The number of nitrogens with one attached hydrogen (secondary N) is 1. The molecule has 30 heavy (non-hydrogen) atoms. The molecule has 3 rings (SSSR count). The molecule has 1 fully saturated rings. The van der Waals surface area contributed by atoms with E-state index in [0.29, 0.717) is 31.7 Å². The molecule has 1 N–H and O–H groups in total. The van der Waals surface area contributed by atoms with E-state index in [1.54, 1.807) is 48.3 Å². The molecule has 10 heteroatoms. The van der Waals surface area contributed by atoms with Gasteiger partial charge >= 0.3 is 0 Å². The van der Waals surface area contributed by atoms with Crippen LogP contribution in [0, 0.1) is 6.92 Å². The summed E-state index contributed by atoms with van der Waals surface area (Å²) in [7, 11) is -2.01. The van der Waals surface area contributed by atoms with Crippen LogP contribution < -0.4 is 5.32 Å². The van der Waals surface area contributed by atoms with E-state index >= 15 is 0 Å². The fraction of sp³-hybridized carbons (Fsp3) is 0.450. The number of nitrogens with zero attached hydrogens (tertiary/aromatic N) is 4.